The van der Waals surface area contributed by atoms with Gasteiger partial charge in [-0.05, 0) is 48.4 Å². The Kier molecular flexibility index (Phi) is 20.7. The van der Waals surface area contributed by atoms with E-state index < -0.39 is 130 Å². The van der Waals surface area contributed by atoms with Gasteiger partial charge in [0.1, 0.15) is 59.1 Å². The van der Waals surface area contributed by atoms with Crippen LogP contribution in [-0.4, -0.2) is 130 Å². The topological polar surface area (TPSA) is 111 Å². The summed E-state index contributed by atoms with van der Waals surface area (Å²) < 4.78 is 95.9. The molecular formula is C32H80Cl8O12Si16. The molecule has 12 nitrogen and oxygen atoms in total. The van der Waals surface area contributed by atoms with Gasteiger partial charge in [-0.1, -0.05) is 105 Å². The lowest BCUT2D eigenvalue weighted by Gasteiger charge is -2.64. The second-order valence-corrected chi connectivity index (χ2v) is 105. The summed E-state index contributed by atoms with van der Waals surface area (Å²) >= 11 is 58.4. The van der Waals surface area contributed by atoms with Crippen LogP contribution in [0.4, 0.5) is 0 Å². The summed E-state index contributed by atoms with van der Waals surface area (Å²) in [4.78, 5) is 0. The van der Waals surface area contributed by atoms with Crippen molar-refractivity contribution in [2.24, 2.45) is 0 Å². The molecule has 6 heterocycles. The third-order valence-corrected chi connectivity index (χ3v) is 68.7. The van der Waals surface area contributed by atoms with E-state index >= 15 is 0 Å². The van der Waals surface area contributed by atoms with Gasteiger partial charge in [-0.25, -0.2) is 0 Å². The van der Waals surface area contributed by atoms with E-state index in [1.54, 1.807) is 0 Å². The smallest absolute Gasteiger partial charge is 0.373 e. The van der Waals surface area contributed by atoms with Crippen molar-refractivity contribution in [3.05, 3.63) is 0 Å². The Bertz CT molecular complexity index is 1320. The Morgan fingerprint density at radius 1 is 0.191 bits per heavy atom. The predicted molar refractivity (Wildman–Crippen MR) is 323 cm³/mol. The van der Waals surface area contributed by atoms with Gasteiger partial charge >= 0.3 is 70.4 Å². The molecule has 6 saturated heterocycles. The van der Waals surface area contributed by atoms with Crippen molar-refractivity contribution in [2.75, 3.05) is 0 Å². The lowest BCUT2D eigenvalue weighted by atomic mass is 10.9. The van der Waals surface area contributed by atoms with Crippen LogP contribution >= 0.6 is 88.6 Å². The molecule has 0 aromatic rings. The Hall–Kier alpha value is 5.31. The van der Waals surface area contributed by atoms with Gasteiger partial charge in [0.15, 0.2) is 0 Å². The molecule has 6 rings (SSSR count). The molecule has 0 radical (unpaired) electrons. The molecule has 400 valence electrons. The molecule has 0 aliphatic carbocycles. The second kappa shape index (κ2) is 22.0. The monoisotopic (exact) mass is 1380 g/mol. The first-order valence-electron chi connectivity index (χ1n) is 24.1. The highest BCUT2D eigenvalue weighted by Crippen LogP contribution is 2.57. The van der Waals surface area contributed by atoms with Crippen LogP contribution in [0, 0.1) is 0 Å². The van der Waals surface area contributed by atoms with Crippen LogP contribution in [0.1, 0.15) is 0 Å². The first-order chi connectivity index (χ1) is 30.1. The predicted octanol–water partition coefficient (Wildman–Crippen LogP) is 15.3. The van der Waals surface area contributed by atoms with E-state index in [4.69, 9.17) is 138 Å². The van der Waals surface area contributed by atoms with E-state index in [2.05, 4.69) is 105 Å². The molecule has 0 aromatic heterocycles. The summed E-state index contributed by atoms with van der Waals surface area (Å²) in [5.41, 5.74) is 0. The molecule has 0 unspecified atom stereocenters. The van der Waals surface area contributed by atoms with E-state index in [9.17, 15) is 0 Å². The lowest BCUT2D eigenvalue weighted by Crippen LogP contribution is -2.88. The van der Waals surface area contributed by atoms with Crippen LogP contribution in [0.5, 0.6) is 0 Å². The van der Waals surface area contributed by atoms with Crippen molar-refractivity contribution in [1.29, 1.82) is 0 Å². The summed E-state index contributed by atoms with van der Waals surface area (Å²) in [6, 6.07) is 7.01. The number of hydrogen-bond acceptors (Lipinski definition) is 12. The van der Waals surface area contributed by atoms with Gasteiger partial charge in [-0.15, -0.1) is 0 Å². The molecule has 6 aliphatic rings. The van der Waals surface area contributed by atoms with Crippen LogP contribution in [0.2, 0.25) is 201 Å². The summed E-state index contributed by atoms with van der Waals surface area (Å²) in [7, 11) is -53.1. The third-order valence-electron chi connectivity index (χ3n) is 11.9. The zero-order chi connectivity index (χ0) is 51.8. The van der Waals surface area contributed by atoms with E-state index in [-0.39, 0.29) is 0 Å². The van der Waals surface area contributed by atoms with E-state index in [0.29, 0.717) is 96.7 Å². The number of hydrogen-bond donors (Lipinski definition) is 0. The number of halogens is 8. The van der Waals surface area contributed by atoms with Crippen LogP contribution < -0.4 is 0 Å². The molecule has 6 fully saturated rings. The maximum atomic E-state index is 7.99. The molecule has 0 aromatic carbocycles. The van der Waals surface area contributed by atoms with E-state index in [0.717, 1.165) is 0 Å². The molecule has 0 spiro atoms. The Morgan fingerprint density at radius 3 is 0.324 bits per heavy atom. The molecular weight excluding hydrogens is 1310 g/mol. The summed E-state index contributed by atoms with van der Waals surface area (Å²) in [6.07, 6.45) is 0. The van der Waals surface area contributed by atoms with Crippen LogP contribution in [-0.2, 0) is 49.4 Å². The summed E-state index contributed by atoms with van der Waals surface area (Å²) in [6.45, 7) is 33.7. The SMILES string of the molecule is C[Si](C)(Cl)CC[Si]12O[Si]3(CC[Si](C)(C)Cl)O[Si]4(CC[Si](C)(C)Cl)O[Si](CC[Si](C)(C)Cl)(O1)O[Si]1(CC[Si](C)(C)Cl)O[Si](CC[Si](C)(C)Cl)(O2)O[Si](CC[Si](C)(C)Cl)(O3)O[Si](CC[Si](C)(C)Cl)(O4)O1. The van der Waals surface area contributed by atoms with Crippen molar-refractivity contribution in [3.63, 3.8) is 0 Å². The molecule has 68 heavy (non-hydrogen) atoms. The average Bonchev–Trinajstić information content (AvgIpc) is 3.06. The van der Waals surface area contributed by atoms with E-state index in [1.807, 2.05) is 0 Å². The second-order valence-electron chi connectivity index (χ2n) is 24.4. The van der Waals surface area contributed by atoms with Crippen molar-refractivity contribution in [1.82, 2.24) is 0 Å². The fourth-order valence-corrected chi connectivity index (χ4v) is 89.3. The summed E-state index contributed by atoms with van der Waals surface area (Å²) in [5, 5.41) is 0. The molecule has 36 heteroatoms. The molecule has 0 atom stereocenters. The minimum Gasteiger partial charge on any atom is -0.373 e. The Labute approximate surface area is 464 Å². The lowest BCUT2D eigenvalue weighted by molar-refractivity contribution is -0.0286. The molecule has 6 aliphatic heterocycles. The molecule has 8 bridgehead atoms. The highest BCUT2D eigenvalue weighted by molar-refractivity contribution is 7.23. The maximum Gasteiger partial charge on any atom is 0.478 e. The first kappa shape index (κ1) is 64.1. The average molecular weight is 1390 g/mol. The zero-order valence-corrected chi connectivity index (χ0v) is 65.3. The summed E-state index contributed by atoms with van der Waals surface area (Å²) in [5.74, 6) is 0. The first-order valence-corrected chi connectivity index (χ1v) is 73.3. The minimum atomic E-state index is -4.26. The number of rotatable bonds is 24. The van der Waals surface area contributed by atoms with Gasteiger partial charge in [0.2, 0.25) is 0 Å². The van der Waals surface area contributed by atoms with Gasteiger partial charge in [0.05, 0.1) is 0 Å². The van der Waals surface area contributed by atoms with Crippen LogP contribution in [0.15, 0.2) is 0 Å². The molecule has 0 N–H and O–H groups in total. The van der Waals surface area contributed by atoms with Crippen molar-refractivity contribution in [2.45, 2.75) is 201 Å². The quantitative estimate of drug-likeness (QED) is 0.0678. The Morgan fingerprint density at radius 2 is 0.265 bits per heavy atom. The Balaban J connectivity index is 2.02. The third kappa shape index (κ3) is 19.8. The maximum absolute atomic E-state index is 7.99. The highest BCUT2D eigenvalue weighted by Gasteiger charge is 2.83. The van der Waals surface area contributed by atoms with Gasteiger partial charge < -0.3 is 49.4 Å². The highest BCUT2D eigenvalue weighted by atomic mass is 35.6. The van der Waals surface area contributed by atoms with Crippen molar-refractivity contribution in [3.8, 4) is 0 Å². The standard InChI is InChI=1S/C32H80Cl8O12Si16/c1-53(2,33)17-25-61-41-62(26-18-54(3,4)34)44-65(29-21-57(9,10)37)46-63(42-61,27-19-55(5,6)35)48-67(31-23-59(13,14)39)49-64(43-61,28-20-56(7,8)36)47-66(45-62,30-22-58(11,12)38)51-68(50-65,52-67)32-24-60(15,16)40/h17-32H2,1-16H3. The van der Waals surface area contributed by atoms with Crippen LogP contribution in [0.3, 0.4) is 0 Å². The van der Waals surface area contributed by atoms with Gasteiger partial charge in [-0.3, -0.25) is 0 Å². The zero-order valence-electron chi connectivity index (χ0n) is 43.2. The van der Waals surface area contributed by atoms with Crippen LogP contribution in [0.25, 0.3) is 0 Å². The van der Waals surface area contributed by atoms with Gasteiger partial charge in [0.25, 0.3) is 0 Å². The fraction of sp³-hybridized carbons (Fsp3) is 1.00. The largest absolute Gasteiger partial charge is 0.478 e. The van der Waals surface area contributed by atoms with Crippen molar-refractivity contribution >= 4 is 218 Å². The van der Waals surface area contributed by atoms with Gasteiger partial charge in [0, 0.05) is 48.4 Å². The fourth-order valence-electron chi connectivity index (χ4n) is 8.17. The minimum absolute atomic E-state index is 0.310. The van der Waals surface area contributed by atoms with E-state index in [1.165, 1.54) is 0 Å². The van der Waals surface area contributed by atoms with Gasteiger partial charge in [-0.2, -0.15) is 88.6 Å². The molecule has 0 amide bonds. The normalized spacial score (nSPS) is 36.4. The molecule has 0 saturated carbocycles. The van der Waals surface area contributed by atoms with Crippen molar-refractivity contribution < 1.29 is 49.4 Å².